The minimum Gasteiger partial charge on any atom is -0.383 e. The fraction of sp³-hybridized carbons (Fsp3) is 0.467. The van der Waals surface area contributed by atoms with Gasteiger partial charge in [-0.3, -0.25) is 14.5 Å². The second-order valence-electron chi connectivity index (χ2n) is 5.06. The van der Waals surface area contributed by atoms with Gasteiger partial charge in [0.15, 0.2) is 0 Å². The Morgan fingerprint density at radius 1 is 1.27 bits per heavy atom. The highest BCUT2D eigenvalue weighted by Gasteiger charge is 2.41. The van der Waals surface area contributed by atoms with Crippen LogP contribution in [0.2, 0.25) is 0 Å². The molecule has 0 aliphatic carbocycles. The number of thiophene rings is 1. The molecule has 6 nitrogen and oxygen atoms in total. The Morgan fingerprint density at radius 2 is 2.05 bits per heavy atom. The number of nitrogens with zero attached hydrogens (tertiary/aromatic N) is 2. The van der Waals surface area contributed by atoms with E-state index in [1.54, 1.807) is 7.11 Å². The summed E-state index contributed by atoms with van der Waals surface area (Å²) in [5, 5.41) is 1.91. The molecule has 7 heteroatoms. The number of rotatable bonds is 5. The van der Waals surface area contributed by atoms with Crippen molar-refractivity contribution in [2.45, 2.75) is 0 Å². The van der Waals surface area contributed by atoms with Crippen LogP contribution in [0.25, 0.3) is 5.57 Å². The van der Waals surface area contributed by atoms with E-state index in [4.69, 9.17) is 9.47 Å². The molecule has 3 rings (SSSR count). The SMILES string of the molecule is COCCN1C(=O)C(c2cccs2)=C(N2CCOCC2)C1=O. The topological polar surface area (TPSA) is 59.1 Å². The van der Waals surface area contributed by atoms with Gasteiger partial charge < -0.3 is 14.4 Å². The summed E-state index contributed by atoms with van der Waals surface area (Å²) in [6.07, 6.45) is 0. The summed E-state index contributed by atoms with van der Waals surface area (Å²) in [5.74, 6) is -0.460. The van der Waals surface area contributed by atoms with Crippen LogP contribution in [0.5, 0.6) is 0 Å². The third kappa shape index (κ3) is 2.67. The lowest BCUT2D eigenvalue weighted by atomic mass is 10.1. The molecule has 2 aliphatic heterocycles. The minimum absolute atomic E-state index is 0.229. The summed E-state index contributed by atoms with van der Waals surface area (Å²) >= 11 is 1.47. The zero-order valence-corrected chi connectivity index (χ0v) is 13.2. The van der Waals surface area contributed by atoms with Crippen molar-refractivity contribution in [1.82, 2.24) is 9.80 Å². The average Bonchev–Trinajstić information content (AvgIpc) is 3.14. The number of methoxy groups -OCH3 is 1. The molecular weight excluding hydrogens is 304 g/mol. The lowest BCUT2D eigenvalue weighted by Gasteiger charge is -2.29. The van der Waals surface area contributed by atoms with Gasteiger partial charge in [-0.05, 0) is 11.4 Å². The van der Waals surface area contributed by atoms with Crippen molar-refractivity contribution in [2.75, 3.05) is 46.6 Å². The smallest absolute Gasteiger partial charge is 0.277 e. The lowest BCUT2D eigenvalue weighted by molar-refractivity contribution is -0.138. The lowest BCUT2D eigenvalue weighted by Crippen LogP contribution is -2.41. The molecule has 1 aromatic heterocycles. The van der Waals surface area contributed by atoms with E-state index in [0.717, 1.165) is 4.88 Å². The van der Waals surface area contributed by atoms with Gasteiger partial charge in [-0.15, -0.1) is 11.3 Å². The molecular formula is C15H18N2O4S. The Hall–Kier alpha value is -1.70. The highest BCUT2D eigenvalue weighted by Crippen LogP contribution is 2.34. The number of carbonyl (C=O) groups is 2. The van der Waals surface area contributed by atoms with Gasteiger partial charge in [-0.25, -0.2) is 0 Å². The molecule has 0 aromatic carbocycles. The first-order chi connectivity index (χ1) is 10.7. The number of carbonyl (C=O) groups excluding carboxylic acids is 2. The summed E-state index contributed by atoms with van der Waals surface area (Å²) in [4.78, 5) is 29.5. The largest absolute Gasteiger partial charge is 0.383 e. The number of imide groups is 1. The van der Waals surface area contributed by atoms with Crippen LogP contribution >= 0.6 is 11.3 Å². The predicted octanol–water partition coefficient (Wildman–Crippen LogP) is 0.807. The highest BCUT2D eigenvalue weighted by molar-refractivity contribution is 7.11. The average molecular weight is 322 g/mol. The van der Waals surface area contributed by atoms with Crippen LogP contribution in [-0.2, 0) is 19.1 Å². The monoisotopic (exact) mass is 322 g/mol. The number of amides is 2. The van der Waals surface area contributed by atoms with E-state index < -0.39 is 0 Å². The van der Waals surface area contributed by atoms with E-state index in [9.17, 15) is 9.59 Å². The first-order valence-electron chi connectivity index (χ1n) is 7.20. The first kappa shape index (κ1) is 15.2. The molecule has 0 atom stereocenters. The molecule has 0 unspecified atom stereocenters. The second-order valence-corrected chi connectivity index (χ2v) is 6.00. The predicted molar refractivity (Wildman–Crippen MR) is 82.2 cm³/mol. The highest BCUT2D eigenvalue weighted by atomic mass is 32.1. The van der Waals surface area contributed by atoms with Gasteiger partial charge in [0.25, 0.3) is 11.8 Å². The van der Waals surface area contributed by atoms with Crippen LogP contribution in [-0.4, -0.2) is 68.2 Å². The molecule has 3 heterocycles. The Labute approximate surface area is 132 Å². The Morgan fingerprint density at radius 3 is 2.68 bits per heavy atom. The maximum Gasteiger partial charge on any atom is 0.277 e. The van der Waals surface area contributed by atoms with Crippen LogP contribution in [0.1, 0.15) is 4.88 Å². The maximum absolute atomic E-state index is 12.7. The van der Waals surface area contributed by atoms with Crippen LogP contribution in [0, 0.1) is 0 Å². The van der Waals surface area contributed by atoms with Crippen LogP contribution in [0.15, 0.2) is 23.2 Å². The maximum atomic E-state index is 12.7. The Kier molecular flexibility index (Phi) is 4.56. The Bertz CT molecular complexity index is 591. The molecule has 2 aliphatic rings. The molecule has 1 aromatic rings. The summed E-state index contributed by atoms with van der Waals surface area (Å²) in [6.45, 7) is 3.01. The van der Waals surface area contributed by atoms with Gasteiger partial charge in [0.1, 0.15) is 5.70 Å². The summed E-state index contributed by atoms with van der Waals surface area (Å²) in [5.41, 5.74) is 1.02. The number of hydrogen-bond acceptors (Lipinski definition) is 6. The molecule has 1 saturated heterocycles. The van der Waals surface area contributed by atoms with Crippen molar-refractivity contribution in [2.24, 2.45) is 0 Å². The van der Waals surface area contributed by atoms with Gasteiger partial charge in [0.2, 0.25) is 0 Å². The summed E-state index contributed by atoms with van der Waals surface area (Å²) in [7, 11) is 1.56. The van der Waals surface area contributed by atoms with E-state index in [2.05, 4.69) is 0 Å². The van der Waals surface area contributed by atoms with Crippen molar-refractivity contribution in [3.05, 3.63) is 28.1 Å². The number of morpholine rings is 1. The molecule has 22 heavy (non-hydrogen) atoms. The third-order valence-corrected chi connectivity index (χ3v) is 4.64. The van der Waals surface area contributed by atoms with Crippen molar-refractivity contribution in [3.8, 4) is 0 Å². The van der Waals surface area contributed by atoms with E-state index in [1.807, 2.05) is 22.4 Å². The van der Waals surface area contributed by atoms with Crippen molar-refractivity contribution in [1.29, 1.82) is 0 Å². The molecule has 2 amide bonds. The number of ether oxygens (including phenoxy) is 2. The van der Waals surface area contributed by atoms with E-state index in [1.165, 1.54) is 16.2 Å². The zero-order valence-electron chi connectivity index (χ0n) is 12.4. The first-order valence-corrected chi connectivity index (χ1v) is 8.08. The normalized spacial score (nSPS) is 19.5. The van der Waals surface area contributed by atoms with Crippen molar-refractivity contribution >= 4 is 28.7 Å². The molecule has 1 fully saturated rings. The fourth-order valence-electron chi connectivity index (χ4n) is 2.67. The molecule has 118 valence electrons. The van der Waals surface area contributed by atoms with Gasteiger partial charge in [0.05, 0.1) is 31.9 Å². The van der Waals surface area contributed by atoms with E-state index in [0.29, 0.717) is 44.2 Å². The molecule has 0 radical (unpaired) electrons. The summed E-state index contributed by atoms with van der Waals surface area (Å²) in [6, 6.07) is 3.77. The quantitative estimate of drug-likeness (QED) is 0.751. The molecule has 0 N–H and O–H groups in total. The Balaban J connectivity index is 1.97. The van der Waals surface area contributed by atoms with Crippen LogP contribution in [0.3, 0.4) is 0 Å². The van der Waals surface area contributed by atoms with Gasteiger partial charge in [0, 0.05) is 25.1 Å². The molecule has 0 bridgehead atoms. The van der Waals surface area contributed by atoms with Gasteiger partial charge in [-0.1, -0.05) is 6.07 Å². The molecule has 0 spiro atoms. The van der Waals surface area contributed by atoms with E-state index >= 15 is 0 Å². The zero-order chi connectivity index (χ0) is 15.5. The number of hydrogen-bond donors (Lipinski definition) is 0. The third-order valence-electron chi connectivity index (χ3n) is 3.76. The van der Waals surface area contributed by atoms with Crippen molar-refractivity contribution < 1.29 is 19.1 Å². The van der Waals surface area contributed by atoms with Crippen molar-refractivity contribution in [3.63, 3.8) is 0 Å². The fourth-order valence-corrected chi connectivity index (χ4v) is 3.43. The standard InChI is InChI=1S/C15H18N2O4S/c1-20-7-6-17-14(18)12(11-3-2-10-22-11)13(15(17)19)16-4-8-21-9-5-16/h2-3,10H,4-9H2,1H3. The van der Waals surface area contributed by atoms with Crippen LogP contribution < -0.4 is 0 Å². The summed E-state index contributed by atoms with van der Waals surface area (Å²) < 4.78 is 10.4. The van der Waals surface area contributed by atoms with Gasteiger partial charge >= 0.3 is 0 Å². The van der Waals surface area contributed by atoms with E-state index in [-0.39, 0.29) is 18.4 Å². The minimum atomic E-state index is -0.231. The van der Waals surface area contributed by atoms with Crippen LogP contribution in [0.4, 0.5) is 0 Å². The molecule has 0 saturated carbocycles. The van der Waals surface area contributed by atoms with Gasteiger partial charge in [-0.2, -0.15) is 0 Å². The second kappa shape index (κ2) is 6.60.